The minimum atomic E-state index is -0.870. The largest absolute Gasteiger partial charge is 0.495 e. The molecule has 0 spiro atoms. The highest BCUT2D eigenvalue weighted by molar-refractivity contribution is 6.39. The van der Waals surface area contributed by atoms with E-state index in [0.29, 0.717) is 0 Å². The number of hydrogen-bond donors (Lipinski definition) is 2. The summed E-state index contributed by atoms with van der Waals surface area (Å²) < 4.78 is 5.03. The molecule has 1 aliphatic carbocycles. The highest BCUT2D eigenvalue weighted by Crippen LogP contribution is 2.28. The molecule has 1 fully saturated rings. The SMILES string of the molecule is COc1ccc([N+](=O)[O-])cc1NC(=O)C(=O)NC1CCCC1. The molecule has 1 aromatic carbocycles. The Hall–Kier alpha value is -2.64. The van der Waals surface area contributed by atoms with Gasteiger partial charge in [0.05, 0.1) is 17.7 Å². The second-order valence-corrected chi connectivity index (χ2v) is 5.05. The van der Waals surface area contributed by atoms with Crippen molar-refractivity contribution in [3.63, 3.8) is 0 Å². The average molecular weight is 307 g/mol. The summed E-state index contributed by atoms with van der Waals surface area (Å²) in [7, 11) is 1.37. The fourth-order valence-electron chi connectivity index (χ4n) is 2.41. The number of non-ortho nitro benzene ring substituents is 1. The Morgan fingerprint density at radius 2 is 1.95 bits per heavy atom. The van der Waals surface area contributed by atoms with Crippen LogP contribution in [-0.4, -0.2) is 29.9 Å². The maximum absolute atomic E-state index is 11.9. The van der Waals surface area contributed by atoms with E-state index in [0.717, 1.165) is 31.7 Å². The van der Waals surface area contributed by atoms with E-state index in [1.165, 1.54) is 19.2 Å². The molecule has 2 rings (SSSR count). The highest BCUT2D eigenvalue weighted by atomic mass is 16.6. The van der Waals surface area contributed by atoms with Gasteiger partial charge in [-0.15, -0.1) is 0 Å². The van der Waals surface area contributed by atoms with Gasteiger partial charge in [-0.3, -0.25) is 19.7 Å². The number of carbonyl (C=O) groups is 2. The molecule has 2 N–H and O–H groups in total. The van der Waals surface area contributed by atoms with E-state index in [1.54, 1.807) is 0 Å². The second-order valence-electron chi connectivity index (χ2n) is 5.05. The van der Waals surface area contributed by atoms with Crippen LogP contribution in [0.1, 0.15) is 25.7 Å². The molecule has 0 atom stereocenters. The van der Waals surface area contributed by atoms with E-state index in [-0.39, 0.29) is 23.2 Å². The molecule has 0 heterocycles. The summed E-state index contributed by atoms with van der Waals surface area (Å²) >= 11 is 0. The van der Waals surface area contributed by atoms with Crippen LogP contribution in [0.3, 0.4) is 0 Å². The van der Waals surface area contributed by atoms with Crippen molar-refractivity contribution in [1.82, 2.24) is 5.32 Å². The van der Waals surface area contributed by atoms with E-state index in [9.17, 15) is 19.7 Å². The maximum Gasteiger partial charge on any atom is 0.313 e. The summed E-state index contributed by atoms with van der Waals surface area (Å²) in [4.78, 5) is 33.9. The highest BCUT2D eigenvalue weighted by Gasteiger charge is 2.23. The monoisotopic (exact) mass is 307 g/mol. The summed E-state index contributed by atoms with van der Waals surface area (Å²) in [6.07, 6.45) is 3.79. The van der Waals surface area contributed by atoms with Crippen LogP contribution in [0.25, 0.3) is 0 Å². The zero-order chi connectivity index (χ0) is 16.1. The van der Waals surface area contributed by atoms with Crippen LogP contribution in [-0.2, 0) is 9.59 Å². The van der Waals surface area contributed by atoms with Crippen molar-refractivity contribution >= 4 is 23.2 Å². The number of ether oxygens (including phenoxy) is 1. The molecule has 2 amide bonds. The summed E-state index contributed by atoms with van der Waals surface area (Å²) in [6, 6.07) is 3.79. The lowest BCUT2D eigenvalue weighted by Crippen LogP contribution is -2.40. The Balaban J connectivity index is 2.07. The van der Waals surface area contributed by atoms with Gasteiger partial charge in [0.25, 0.3) is 5.69 Å². The summed E-state index contributed by atoms with van der Waals surface area (Å²) in [6.45, 7) is 0. The van der Waals surface area contributed by atoms with Crippen LogP contribution in [0.5, 0.6) is 5.75 Å². The van der Waals surface area contributed by atoms with E-state index >= 15 is 0 Å². The lowest BCUT2D eigenvalue weighted by Gasteiger charge is -2.13. The predicted molar refractivity (Wildman–Crippen MR) is 78.7 cm³/mol. The maximum atomic E-state index is 11.9. The van der Waals surface area contributed by atoms with Gasteiger partial charge < -0.3 is 15.4 Å². The molecule has 0 aliphatic heterocycles. The number of nitro benzene ring substituents is 1. The first-order chi connectivity index (χ1) is 10.5. The number of nitrogens with one attached hydrogen (secondary N) is 2. The molecule has 8 nitrogen and oxygen atoms in total. The summed E-state index contributed by atoms with van der Waals surface area (Å²) in [5.41, 5.74) is -0.115. The minimum Gasteiger partial charge on any atom is -0.495 e. The Morgan fingerprint density at radius 3 is 2.55 bits per heavy atom. The van der Waals surface area contributed by atoms with Gasteiger partial charge in [-0.05, 0) is 18.9 Å². The number of carbonyl (C=O) groups excluding carboxylic acids is 2. The van der Waals surface area contributed by atoms with Gasteiger partial charge in [0, 0.05) is 18.2 Å². The number of benzene rings is 1. The smallest absolute Gasteiger partial charge is 0.313 e. The topological polar surface area (TPSA) is 111 Å². The van der Waals surface area contributed by atoms with Crippen molar-refractivity contribution in [2.75, 3.05) is 12.4 Å². The molecule has 1 aliphatic rings. The van der Waals surface area contributed by atoms with Crippen LogP contribution in [0.15, 0.2) is 18.2 Å². The van der Waals surface area contributed by atoms with Crippen LogP contribution in [0.4, 0.5) is 11.4 Å². The van der Waals surface area contributed by atoms with Crippen molar-refractivity contribution in [3.8, 4) is 5.75 Å². The number of nitrogens with zero attached hydrogens (tertiary/aromatic N) is 1. The van der Waals surface area contributed by atoms with Gasteiger partial charge in [-0.1, -0.05) is 12.8 Å². The zero-order valence-electron chi connectivity index (χ0n) is 12.1. The van der Waals surface area contributed by atoms with E-state index in [2.05, 4.69) is 10.6 Å². The van der Waals surface area contributed by atoms with E-state index < -0.39 is 16.7 Å². The first-order valence-corrected chi connectivity index (χ1v) is 6.95. The molecule has 0 bridgehead atoms. The Kier molecular flexibility index (Phi) is 4.92. The molecule has 0 unspecified atom stereocenters. The summed E-state index contributed by atoms with van der Waals surface area (Å²) in [5.74, 6) is -1.38. The van der Waals surface area contributed by atoms with Crippen LogP contribution in [0.2, 0.25) is 0 Å². The number of anilines is 1. The molecular formula is C14H17N3O5. The Labute approximate surface area is 127 Å². The Morgan fingerprint density at radius 1 is 1.27 bits per heavy atom. The average Bonchev–Trinajstić information content (AvgIpc) is 2.99. The van der Waals surface area contributed by atoms with Crippen molar-refractivity contribution in [1.29, 1.82) is 0 Å². The molecule has 1 saturated carbocycles. The summed E-state index contributed by atoms with van der Waals surface area (Å²) in [5, 5.41) is 15.8. The normalized spacial score (nSPS) is 14.4. The molecule has 118 valence electrons. The van der Waals surface area contributed by atoms with E-state index in [1.807, 2.05) is 0 Å². The molecule has 22 heavy (non-hydrogen) atoms. The van der Waals surface area contributed by atoms with Crippen LogP contribution >= 0.6 is 0 Å². The molecule has 0 aromatic heterocycles. The van der Waals surface area contributed by atoms with Gasteiger partial charge >= 0.3 is 11.8 Å². The van der Waals surface area contributed by atoms with Gasteiger partial charge in [-0.25, -0.2) is 0 Å². The quantitative estimate of drug-likeness (QED) is 0.498. The molecule has 1 aromatic rings. The number of nitro groups is 1. The van der Waals surface area contributed by atoms with Crippen molar-refractivity contribution in [3.05, 3.63) is 28.3 Å². The van der Waals surface area contributed by atoms with Crippen LogP contribution in [0, 0.1) is 10.1 Å². The van der Waals surface area contributed by atoms with E-state index in [4.69, 9.17) is 4.74 Å². The van der Waals surface area contributed by atoms with Gasteiger partial charge in [0.1, 0.15) is 5.75 Å². The third kappa shape index (κ3) is 3.72. The molecule has 0 saturated heterocycles. The number of methoxy groups -OCH3 is 1. The predicted octanol–water partition coefficient (Wildman–Crippen LogP) is 1.60. The second kappa shape index (κ2) is 6.88. The standard InChI is InChI=1S/C14H17N3O5/c1-22-12-7-6-10(17(20)21)8-11(12)16-14(19)13(18)15-9-4-2-3-5-9/h6-9H,2-5H2,1H3,(H,15,18)(H,16,19). The first kappa shape index (κ1) is 15.7. The fraction of sp³-hybridized carbons (Fsp3) is 0.429. The zero-order valence-corrected chi connectivity index (χ0v) is 12.1. The number of amides is 2. The molecule has 0 radical (unpaired) electrons. The van der Waals surface area contributed by atoms with Crippen molar-refractivity contribution in [2.45, 2.75) is 31.7 Å². The lowest BCUT2D eigenvalue weighted by atomic mass is 10.2. The molecule has 8 heteroatoms. The number of rotatable bonds is 4. The first-order valence-electron chi connectivity index (χ1n) is 6.95. The lowest BCUT2D eigenvalue weighted by molar-refractivity contribution is -0.384. The van der Waals surface area contributed by atoms with Crippen LogP contribution < -0.4 is 15.4 Å². The van der Waals surface area contributed by atoms with Gasteiger partial charge in [-0.2, -0.15) is 0 Å². The third-order valence-electron chi connectivity index (χ3n) is 3.54. The van der Waals surface area contributed by atoms with Gasteiger partial charge in [0.2, 0.25) is 0 Å². The van der Waals surface area contributed by atoms with Crippen molar-refractivity contribution < 1.29 is 19.2 Å². The third-order valence-corrected chi connectivity index (χ3v) is 3.54. The van der Waals surface area contributed by atoms with Gasteiger partial charge in [0.15, 0.2) is 0 Å². The minimum absolute atomic E-state index is 0.0188. The fourth-order valence-corrected chi connectivity index (χ4v) is 2.41. The number of hydrogen-bond acceptors (Lipinski definition) is 5. The molecular weight excluding hydrogens is 290 g/mol. The van der Waals surface area contributed by atoms with Crippen molar-refractivity contribution in [2.24, 2.45) is 0 Å². The Bertz CT molecular complexity index is 596.